The first-order valence-electron chi connectivity index (χ1n) is 7.84. The predicted molar refractivity (Wildman–Crippen MR) is 90.0 cm³/mol. The zero-order valence-electron chi connectivity index (χ0n) is 13.1. The first-order chi connectivity index (χ1) is 10.6. The topological polar surface area (TPSA) is 41.1 Å². The molecule has 2 aromatic rings. The molecule has 2 N–H and O–H groups in total. The van der Waals surface area contributed by atoms with Crippen LogP contribution in [-0.2, 0) is 5.54 Å². The molecule has 1 saturated carbocycles. The van der Waals surface area contributed by atoms with Crippen LogP contribution in [0, 0.1) is 0 Å². The minimum absolute atomic E-state index is 0.140. The number of carbonyl (C=O) groups is 1. The number of carbonyl (C=O) groups excluding carboxylic acids is 1. The minimum atomic E-state index is -0.177. The zero-order chi connectivity index (χ0) is 15.6. The van der Waals surface area contributed by atoms with E-state index in [2.05, 4.69) is 48.7 Å². The third kappa shape index (κ3) is 3.14. The van der Waals surface area contributed by atoms with Crippen molar-refractivity contribution in [1.82, 2.24) is 5.32 Å². The standard InChI is InChI=1S/C19H22N2O/c1-14(2)15-8-10-17(11-9-15)20-18(22)21-19(12-13-19)16-6-4-3-5-7-16/h3-11,14H,12-13H2,1-2H3,(H2,20,21,22). The second kappa shape index (κ2) is 5.84. The Hall–Kier alpha value is -2.29. The molecule has 0 unspecified atom stereocenters. The highest BCUT2D eigenvalue weighted by molar-refractivity contribution is 5.90. The second-order valence-corrected chi connectivity index (χ2v) is 6.30. The molecule has 1 fully saturated rings. The van der Waals surface area contributed by atoms with E-state index in [-0.39, 0.29) is 11.6 Å². The summed E-state index contributed by atoms with van der Waals surface area (Å²) in [5.41, 5.74) is 3.10. The van der Waals surface area contributed by atoms with Gasteiger partial charge in [-0.25, -0.2) is 4.79 Å². The van der Waals surface area contributed by atoms with Crippen molar-refractivity contribution in [2.45, 2.75) is 38.1 Å². The Bertz CT molecular complexity index is 643. The van der Waals surface area contributed by atoms with Crippen LogP contribution in [0.5, 0.6) is 0 Å². The number of hydrogen-bond acceptors (Lipinski definition) is 1. The van der Waals surface area contributed by atoms with Gasteiger partial charge in [0, 0.05) is 5.69 Å². The molecule has 114 valence electrons. The Morgan fingerprint density at radius 2 is 1.64 bits per heavy atom. The second-order valence-electron chi connectivity index (χ2n) is 6.30. The first-order valence-corrected chi connectivity index (χ1v) is 7.84. The number of anilines is 1. The lowest BCUT2D eigenvalue weighted by Crippen LogP contribution is -2.38. The van der Waals surface area contributed by atoms with E-state index in [1.165, 1.54) is 11.1 Å². The summed E-state index contributed by atoms with van der Waals surface area (Å²) in [5.74, 6) is 0.496. The van der Waals surface area contributed by atoms with E-state index in [0.29, 0.717) is 5.92 Å². The molecule has 0 heterocycles. The molecule has 3 nitrogen and oxygen atoms in total. The highest BCUT2D eigenvalue weighted by Crippen LogP contribution is 2.45. The SMILES string of the molecule is CC(C)c1ccc(NC(=O)NC2(c3ccccc3)CC2)cc1. The van der Waals surface area contributed by atoms with Gasteiger partial charge in [-0.3, -0.25) is 0 Å². The summed E-state index contributed by atoms with van der Waals surface area (Å²) in [4.78, 5) is 12.2. The Morgan fingerprint density at radius 3 is 2.18 bits per heavy atom. The highest BCUT2D eigenvalue weighted by Gasteiger charge is 2.45. The van der Waals surface area contributed by atoms with Gasteiger partial charge in [-0.1, -0.05) is 56.3 Å². The fourth-order valence-corrected chi connectivity index (χ4v) is 2.70. The summed E-state index contributed by atoms with van der Waals surface area (Å²) < 4.78 is 0. The minimum Gasteiger partial charge on any atom is -0.328 e. The van der Waals surface area contributed by atoms with Crippen molar-refractivity contribution in [1.29, 1.82) is 0 Å². The van der Waals surface area contributed by atoms with Crippen molar-refractivity contribution >= 4 is 11.7 Å². The molecule has 1 aliphatic rings. The Labute approximate surface area is 131 Å². The molecule has 0 bridgehead atoms. The average Bonchev–Trinajstić information content (AvgIpc) is 3.29. The number of urea groups is 1. The summed E-state index contributed by atoms with van der Waals surface area (Å²) in [5, 5.41) is 6.04. The third-order valence-corrected chi connectivity index (χ3v) is 4.26. The van der Waals surface area contributed by atoms with Gasteiger partial charge in [-0.05, 0) is 42.0 Å². The van der Waals surface area contributed by atoms with Gasteiger partial charge in [-0.2, -0.15) is 0 Å². The molecule has 0 aliphatic heterocycles. The summed E-state index contributed by atoms with van der Waals surface area (Å²) in [7, 11) is 0. The smallest absolute Gasteiger partial charge is 0.319 e. The molecule has 0 atom stereocenters. The molecule has 1 aliphatic carbocycles. The van der Waals surface area contributed by atoms with Crippen LogP contribution in [0.15, 0.2) is 54.6 Å². The molecule has 3 heteroatoms. The monoisotopic (exact) mass is 294 g/mol. The van der Waals surface area contributed by atoms with Crippen molar-refractivity contribution in [2.24, 2.45) is 0 Å². The zero-order valence-corrected chi connectivity index (χ0v) is 13.1. The molecule has 0 saturated heterocycles. The van der Waals surface area contributed by atoms with E-state index in [9.17, 15) is 4.79 Å². The summed E-state index contributed by atoms with van der Waals surface area (Å²) in [6.07, 6.45) is 1.99. The van der Waals surface area contributed by atoms with Gasteiger partial charge in [-0.15, -0.1) is 0 Å². The van der Waals surface area contributed by atoms with Crippen molar-refractivity contribution in [3.63, 3.8) is 0 Å². The van der Waals surface area contributed by atoms with Crippen molar-refractivity contribution in [3.05, 3.63) is 65.7 Å². The molecule has 3 rings (SSSR count). The molecular formula is C19H22N2O. The van der Waals surface area contributed by atoms with E-state index in [1.54, 1.807) is 0 Å². The van der Waals surface area contributed by atoms with Gasteiger partial charge in [0.05, 0.1) is 5.54 Å². The summed E-state index contributed by atoms with van der Waals surface area (Å²) >= 11 is 0. The van der Waals surface area contributed by atoms with Gasteiger partial charge in [0.15, 0.2) is 0 Å². The van der Waals surface area contributed by atoms with Crippen LogP contribution in [0.1, 0.15) is 43.7 Å². The van der Waals surface area contributed by atoms with Crippen LogP contribution in [0.25, 0.3) is 0 Å². The Balaban J connectivity index is 1.63. The van der Waals surface area contributed by atoms with Crippen LogP contribution in [0.2, 0.25) is 0 Å². The number of rotatable bonds is 4. The maximum atomic E-state index is 12.2. The van der Waals surface area contributed by atoms with Crippen LogP contribution in [0.4, 0.5) is 10.5 Å². The van der Waals surface area contributed by atoms with Crippen molar-refractivity contribution in [3.8, 4) is 0 Å². The Morgan fingerprint density at radius 1 is 1.00 bits per heavy atom. The lowest BCUT2D eigenvalue weighted by atomic mass is 10.0. The van der Waals surface area contributed by atoms with Gasteiger partial charge in [0.25, 0.3) is 0 Å². The molecule has 2 aromatic carbocycles. The predicted octanol–water partition coefficient (Wildman–Crippen LogP) is 4.62. The average molecular weight is 294 g/mol. The van der Waals surface area contributed by atoms with E-state index in [0.717, 1.165) is 18.5 Å². The Kier molecular flexibility index (Phi) is 3.88. The maximum absolute atomic E-state index is 12.2. The molecule has 2 amide bonds. The summed E-state index contributed by atoms with van der Waals surface area (Å²) in [6.45, 7) is 4.32. The number of amides is 2. The first kappa shape index (κ1) is 14.6. The third-order valence-electron chi connectivity index (χ3n) is 4.26. The quantitative estimate of drug-likeness (QED) is 0.848. The molecule has 0 spiro atoms. The fraction of sp³-hybridized carbons (Fsp3) is 0.316. The molecule has 22 heavy (non-hydrogen) atoms. The van der Waals surface area contributed by atoms with Crippen LogP contribution in [-0.4, -0.2) is 6.03 Å². The lowest BCUT2D eigenvalue weighted by molar-refractivity contribution is 0.247. The van der Waals surface area contributed by atoms with Crippen LogP contribution < -0.4 is 10.6 Å². The number of benzene rings is 2. The largest absolute Gasteiger partial charge is 0.328 e. The van der Waals surface area contributed by atoms with E-state index < -0.39 is 0 Å². The number of hydrogen-bond donors (Lipinski definition) is 2. The van der Waals surface area contributed by atoms with Crippen LogP contribution >= 0.6 is 0 Å². The van der Waals surface area contributed by atoms with E-state index in [4.69, 9.17) is 0 Å². The van der Waals surface area contributed by atoms with Crippen molar-refractivity contribution in [2.75, 3.05) is 5.32 Å². The van der Waals surface area contributed by atoms with Gasteiger partial charge < -0.3 is 10.6 Å². The highest BCUT2D eigenvalue weighted by atomic mass is 16.2. The maximum Gasteiger partial charge on any atom is 0.319 e. The fourth-order valence-electron chi connectivity index (χ4n) is 2.70. The van der Waals surface area contributed by atoms with E-state index in [1.807, 2.05) is 30.3 Å². The molecular weight excluding hydrogens is 272 g/mol. The van der Waals surface area contributed by atoms with Gasteiger partial charge in [0.1, 0.15) is 0 Å². The number of nitrogens with one attached hydrogen (secondary N) is 2. The normalized spacial score (nSPS) is 15.4. The van der Waals surface area contributed by atoms with E-state index >= 15 is 0 Å². The van der Waals surface area contributed by atoms with Crippen LogP contribution in [0.3, 0.4) is 0 Å². The lowest BCUT2D eigenvalue weighted by Gasteiger charge is -2.18. The van der Waals surface area contributed by atoms with Gasteiger partial charge >= 0.3 is 6.03 Å². The molecule has 0 aromatic heterocycles. The summed E-state index contributed by atoms with van der Waals surface area (Å²) in [6, 6.07) is 18.1. The molecule has 0 radical (unpaired) electrons. The van der Waals surface area contributed by atoms with Gasteiger partial charge in [0.2, 0.25) is 0 Å². The van der Waals surface area contributed by atoms with Crippen molar-refractivity contribution < 1.29 is 4.79 Å².